The van der Waals surface area contributed by atoms with Gasteiger partial charge in [-0.15, -0.1) is 0 Å². The van der Waals surface area contributed by atoms with Gasteiger partial charge in [0.25, 0.3) is 0 Å². The van der Waals surface area contributed by atoms with E-state index in [1.54, 1.807) is 0 Å². The summed E-state index contributed by atoms with van der Waals surface area (Å²) >= 11 is 0. The first-order valence-corrected chi connectivity index (χ1v) is 7.87. The molecule has 1 N–H and O–H groups in total. The molecular weight excluding hydrogens is 246 g/mol. The molecule has 0 fully saturated rings. The minimum Gasteiger partial charge on any atom is -0.313 e. The summed E-state index contributed by atoms with van der Waals surface area (Å²) in [5.74, 6) is 0. The van der Waals surface area contributed by atoms with E-state index in [9.17, 15) is 0 Å². The average Bonchev–Trinajstić information content (AvgIpc) is 2.83. The van der Waals surface area contributed by atoms with E-state index in [0.29, 0.717) is 0 Å². The van der Waals surface area contributed by atoms with Gasteiger partial charge in [0.05, 0.1) is 0 Å². The first-order valence-electron chi connectivity index (χ1n) is 7.87. The molecule has 1 aliphatic heterocycles. The molecule has 0 radical (unpaired) electrons. The van der Waals surface area contributed by atoms with Crippen molar-refractivity contribution in [1.82, 2.24) is 15.1 Å². The van der Waals surface area contributed by atoms with Crippen molar-refractivity contribution in [1.29, 1.82) is 0 Å². The number of fused-ring (bicyclic) bond motifs is 1. The van der Waals surface area contributed by atoms with Crippen LogP contribution in [0.15, 0.2) is 18.2 Å². The molecule has 0 amide bonds. The zero-order valence-electron chi connectivity index (χ0n) is 13.3. The molecule has 0 unspecified atom stereocenters. The van der Waals surface area contributed by atoms with E-state index in [-0.39, 0.29) is 0 Å². The van der Waals surface area contributed by atoms with E-state index in [0.717, 1.165) is 26.2 Å². The number of rotatable bonds is 8. The first-order chi connectivity index (χ1) is 9.69. The topological polar surface area (TPSA) is 18.5 Å². The zero-order valence-corrected chi connectivity index (χ0v) is 13.3. The fourth-order valence-corrected chi connectivity index (χ4v) is 2.82. The van der Waals surface area contributed by atoms with E-state index >= 15 is 0 Å². The van der Waals surface area contributed by atoms with Gasteiger partial charge in [-0.1, -0.05) is 25.1 Å². The maximum Gasteiger partial charge on any atom is 0.0240 e. The van der Waals surface area contributed by atoms with Gasteiger partial charge in [-0.05, 0) is 63.3 Å². The van der Waals surface area contributed by atoms with Crippen LogP contribution in [-0.2, 0) is 19.6 Å². The smallest absolute Gasteiger partial charge is 0.0240 e. The van der Waals surface area contributed by atoms with Crippen molar-refractivity contribution in [3.63, 3.8) is 0 Å². The average molecular weight is 275 g/mol. The van der Waals surface area contributed by atoms with Crippen molar-refractivity contribution in [3.05, 3.63) is 34.9 Å². The third-order valence-corrected chi connectivity index (χ3v) is 3.97. The number of benzene rings is 1. The summed E-state index contributed by atoms with van der Waals surface area (Å²) in [7, 11) is 4.30. The quantitative estimate of drug-likeness (QED) is 0.735. The molecule has 112 valence electrons. The van der Waals surface area contributed by atoms with Gasteiger partial charge in [0.2, 0.25) is 0 Å². The van der Waals surface area contributed by atoms with Crippen LogP contribution in [0.5, 0.6) is 0 Å². The number of unbranched alkanes of at least 4 members (excludes halogenated alkanes) is 1. The van der Waals surface area contributed by atoms with Crippen LogP contribution in [-0.4, -0.2) is 43.5 Å². The van der Waals surface area contributed by atoms with E-state index in [2.05, 4.69) is 54.3 Å². The Morgan fingerprint density at radius 3 is 2.70 bits per heavy atom. The predicted molar refractivity (Wildman–Crippen MR) is 85.7 cm³/mol. The summed E-state index contributed by atoms with van der Waals surface area (Å²) in [4.78, 5) is 4.85. The summed E-state index contributed by atoms with van der Waals surface area (Å²) in [6.45, 7) is 8.89. The SMILES string of the molecule is CCNCc1ccc2c(c1)CN(CCCCN(C)C)C2. The second kappa shape index (κ2) is 7.77. The standard InChI is InChI=1S/C17H29N3/c1-4-18-12-15-7-8-16-13-20(14-17(16)11-15)10-6-5-9-19(2)3/h7-8,11,18H,4-6,9-10,12-14H2,1-3H3. The molecule has 1 aromatic carbocycles. The highest BCUT2D eigenvalue weighted by Gasteiger charge is 2.18. The molecule has 0 aliphatic carbocycles. The second-order valence-corrected chi connectivity index (χ2v) is 6.10. The highest BCUT2D eigenvalue weighted by Crippen LogP contribution is 2.24. The Bertz CT molecular complexity index is 415. The monoisotopic (exact) mass is 275 g/mol. The van der Waals surface area contributed by atoms with Crippen LogP contribution < -0.4 is 5.32 Å². The minimum absolute atomic E-state index is 0.993. The summed E-state index contributed by atoms with van der Waals surface area (Å²) in [6, 6.07) is 6.98. The van der Waals surface area contributed by atoms with Crippen LogP contribution in [0.3, 0.4) is 0 Å². The molecule has 1 aromatic rings. The third-order valence-electron chi connectivity index (χ3n) is 3.97. The predicted octanol–water partition coefficient (Wildman–Crippen LogP) is 2.45. The largest absolute Gasteiger partial charge is 0.313 e. The van der Waals surface area contributed by atoms with E-state index < -0.39 is 0 Å². The fraction of sp³-hybridized carbons (Fsp3) is 0.647. The molecule has 0 saturated heterocycles. The molecular formula is C17H29N3. The van der Waals surface area contributed by atoms with Crippen LogP contribution in [0.4, 0.5) is 0 Å². The van der Waals surface area contributed by atoms with Gasteiger partial charge in [0.15, 0.2) is 0 Å². The number of nitrogens with one attached hydrogen (secondary N) is 1. The lowest BCUT2D eigenvalue weighted by Crippen LogP contribution is -2.19. The van der Waals surface area contributed by atoms with Crippen molar-refractivity contribution in [2.45, 2.75) is 39.4 Å². The maximum absolute atomic E-state index is 3.40. The zero-order chi connectivity index (χ0) is 14.4. The number of nitrogens with zero attached hydrogens (tertiary/aromatic N) is 2. The van der Waals surface area contributed by atoms with Crippen LogP contribution in [0.2, 0.25) is 0 Å². The van der Waals surface area contributed by atoms with Gasteiger partial charge in [0, 0.05) is 19.6 Å². The Morgan fingerprint density at radius 1 is 1.15 bits per heavy atom. The summed E-state index contributed by atoms with van der Waals surface area (Å²) in [6.07, 6.45) is 2.60. The van der Waals surface area contributed by atoms with Crippen molar-refractivity contribution in [3.8, 4) is 0 Å². The molecule has 0 atom stereocenters. The maximum atomic E-state index is 3.40. The van der Waals surface area contributed by atoms with Crippen molar-refractivity contribution >= 4 is 0 Å². The molecule has 0 bridgehead atoms. The van der Waals surface area contributed by atoms with Gasteiger partial charge in [-0.2, -0.15) is 0 Å². The van der Waals surface area contributed by atoms with Crippen molar-refractivity contribution < 1.29 is 0 Å². The number of hydrogen-bond acceptors (Lipinski definition) is 3. The lowest BCUT2D eigenvalue weighted by molar-refractivity contribution is 0.270. The lowest BCUT2D eigenvalue weighted by atomic mass is 10.1. The Kier molecular flexibility index (Phi) is 6.02. The Morgan fingerprint density at radius 2 is 1.95 bits per heavy atom. The van der Waals surface area contributed by atoms with Gasteiger partial charge < -0.3 is 10.2 Å². The highest BCUT2D eigenvalue weighted by atomic mass is 15.1. The highest BCUT2D eigenvalue weighted by molar-refractivity contribution is 5.34. The second-order valence-electron chi connectivity index (χ2n) is 6.10. The van der Waals surface area contributed by atoms with Crippen LogP contribution in [0.1, 0.15) is 36.5 Å². The van der Waals surface area contributed by atoms with E-state index in [1.165, 1.54) is 42.6 Å². The molecule has 3 heteroatoms. The van der Waals surface area contributed by atoms with Crippen molar-refractivity contribution in [2.24, 2.45) is 0 Å². The van der Waals surface area contributed by atoms with Crippen molar-refractivity contribution in [2.75, 3.05) is 33.7 Å². The molecule has 1 heterocycles. The molecule has 3 nitrogen and oxygen atoms in total. The van der Waals surface area contributed by atoms with E-state index in [4.69, 9.17) is 0 Å². The van der Waals surface area contributed by atoms with Gasteiger partial charge in [-0.3, -0.25) is 4.90 Å². The van der Waals surface area contributed by atoms with Gasteiger partial charge >= 0.3 is 0 Å². The summed E-state index contributed by atoms with van der Waals surface area (Å²) in [5, 5.41) is 3.40. The normalized spacial score (nSPS) is 15.0. The van der Waals surface area contributed by atoms with Crippen LogP contribution >= 0.6 is 0 Å². The van der Waals surface area contributed by atoms with Gasteiger partial charge in [-0.25, -0.2) is 0 Å². The molecule has 0 aromatic heterocycles. The third kappa shape index (κ3) is 4.58. The fourth-order valence-electron chi connectivity index (χ4n) is 2.82. The summed E-state index contributed by atoms with van der Waals surface area (Å²) < 4.78 is 0. The minimum atomic E-state index is 0.993. The molecule has 1 aliphatic rings. The Balaban J connectivity index is 1.78. The molecule has 0 spiro atoms. The van der Waals surface area contributed by atoms with Crippen LogP contribution in [0.25, 0.3) is 0 Å². The van der Waals surface area contributed by atoms with Crippen LogP contribution in [0, 0.1) is 0 Å². The van der Waals surface area contributed by atoms with Gasteiger partial charge in [0.1, 0.15) is 0 Å². The Labute approximate surface area is 124 Å². The first kappa shape index (κ1) is 15.5. The molecule has 2 rings (SSSR count). The lowest BCUT2D eigenvalue weighted by Gasteiger charge is -2.15. The Hall–Kier alpha value is -0.900. The summed E-state index contributed by atoms with van der Waals surface area (Å²) in [5.41, 5.74) is 4.48. The molecule has 20 heavy (non-hydrogen) atoms. The van der Waals surface area contributed by atoms with E-state index in [1.807, 2.05) is 0 Å². The molecule has 0 saturated carbocycles. The number of hydrogen-bond donors (Lipinski definition) is 1.